The molecular weight excluding hydrogens is 378 g/mol. The molecule has 1 aliphatic rings. The van der Waals surface area contributed by atoms with Gasteiger partial charge in [0.15, 0.2) is 0 Å². The molecule has 2 aromatic carbocycles. The Hall–Kier alpha value is -2.58. The summed E-state index contributed by atoms with van der Waals surface area (Å²) in [7, 11) is 1.02. The maximum Gasteiger partial charge on any atom is 0.243 e. The summed E-state index contributed by atoms with van der Waals surface area (Å²) in [6.07, 6.45) is 1.92. The Kier molecular flexibility index (Phi) is 5.90. The molecule has 0 radical (unpaired) electrons. The number of carbonyl (C=O) groups excluding carboxylic acids is 1. The number of carbonyl (C=O) groups is 1. The second kappa shape index (κ2) is 8.20. The van der Waals surface area contributed by atoms with Gasteiger partial charge >= 0.3 is 0 Å². The summed E-state index contributed by atoms with van der Waals surface area (Å²) in [6, 6.07) is 12.2. The van der Waals surface area contributed by atoms with Crippen LogP contribution in [0, 0.1) is 0 Å². The van der Waals surface area contributed by atoms with Gasteiger partial charge in [-0.15, -0.1) is 0 Å². The normalized spacial score (nSPS) is 13.9. The largest absolute Gasteiger partial charge is 0.495 e. The maximum atomic E-state index is 12.6. The van der Waals surface area contributed by atoms with Crippen molar-refractivity contribution in [2.45, 2.75) is 17.7 Å². The van der Waals surface area contributed by atoms with E-state index in [1.807, 2.05) is 17.0 Å². The van der Waals surface area contributed by atoms with E-state index in [1.165, 1.54) is 26.2 Å². The van der Waals surface area contributed by atoms with Crippen LogP contribution < -0.4 is 15.0 Å². The number of rotatable bonds is 6. The molecule has 1 aliphatic heterocycles. The number of aryl methyl sites for hydroxylation is 1. The third kappa shape index (κ3) is 4.13. The summed E-state index contributed by atoms with van der Waals surface area (Å²) in [4.78, 5) is 14.8. The molecule has 28 heavy (non-hydrogen) atoms. The van der Waals surface area contributed by atoms with Crippen molar-refractivity contribution in [2.75, 3.05) is 44.5 Å². The highest BCUT2D eigenvalue weighted by molar-refractivity contribution is 7.89. The Morgan fingerprint density at radius 2 is 1.96 bits per heavy atom. The van der Waals surface area contributed by atoms with Gasteiger partial charge in [-0.2, -0.15) is 0 Å². The highest BCUT2D eigenvalue weighted by Crippen LogP contribution is 2.35. The Balaban J connectivity index is 1.77. The van der Waals surface area contributed by atoms with Crippen LogP contribution in [0.3, 0.4) is 0 Å². The van der Waals surface area contributed by atoms with Crippen molar-refractivity contribution in [3.05, 3.63) is 48.0 Å². The number of hydrogen-bond acceptors (Lipinski definition) is 5. The van der Waals surface area contributed by atoms with Crippen molar-refractivity contribution >= 4 is 27.3 Å². The third-order valence-electron chi connectivity index (χ3n) is 4.72. The van der Waals surface area contributed by atoms with E-state index in [4.69, 9.17) is 4.74 Å². The van der Waals surface area contributed by atoms with Crippen molar-refractivity contribution in [2.24, 2.45) is 0 Å². The van der Waals surface area contributed by atoms with Gasteiger partial charge in [0.2, 0.25) is 15.9 Å². The molecule has 0 aromatic heterocycles. The van der Waals surface area contributed by atoms with Crippen LogP contribution in [0.2, 0.25) is 0 Å². The van der Waals surface area contributed by atoms with Crippen molar-refractivity contribution in [3.8, 4) is 5.75 Å². The lowest BCUT2D eigenvalue weighted by atomic mass is 10.0. The number of hydrogen-bond donors (Lipinski definition) is 1. The van der Waals surface area contributed by atoms with Crippen LogP contribution in [0.1, 0.15) is 12.0 Å². The van der Waals surface area contributed by atoms with Gasteiger partial charge < -0.3 is 15.0 Å². The number of nitrogens with one attached hydrogen (secondary N) is 1. The zero-order valence-corrected chi connectivity index (χ0v) is 17.1. The fourth-order valence-electron chi connectivity index (χ4n) is 3.34. The number of sulfonamides is 1. The summed E-state index contributed by atoms with van der Waals surface area (Å²) in [5.74, 6) is 0.544. The number of nitrogens with zero attached hydrogens (tertiary/aromatic N) is 2. The van der Waals surface area contributed by atoms with Crippen molar-refractivity contribution < 1.29 is 17.9 Å². The van der Waals surface area contributed by atoms with Gasteiger partial charge in [-0.1, -0.05) is 18.2 Å². The van der Waals surface area contributed by atoms with Crippen LogP contribution in [0.5, 0.6) is 5.75 Å². The number of fused-ring (bicyclic) bond motifs is 1. The molecule has 2 aromatic rings. The van der Waals surface area contributed by atoms with Crippen LogP contribution in [0.15, 0.2) is 47.4 Å². The van der Waals surface area contributed by atoms with E-state index in [9.17, 15) is 13.2 Å². The highest BCUT2D eigenvalue weighted by Gasteiger charge is 2.23. The van der Waals surface area contributed by atoms with E-state index in [0.29, 0.717) is 5.69 Å². The first-order chi connectivity index (χ1) is 13.3. The number of anilines is 2. The monoisotopic (exact) mass is 403 g/mol. The first kappa shape index (κ1) is 20.2. The van der Waals surface area contributed by atoms with Crippen LogP contribution in [-0.2, 0) is 21.2 Å². The zero-order valence-electron chi connectivity index (χ0n) is 16.3. The van der Waals surface area contributed by atoms with E-state index >= 15 is 0 Å². The quantitative estimate of drug-likeness (QED) is 0.801. The standard InChI is InChI=1S/C20H25N3O4S/c1-22(2)28(25,26)17-10-5-9-16(13-17)21-19(24)14-23-12-6-8-15-7-4-11-18(27-3)20(15)23/h4-5,7,9-11,13H,6,8,12,14H2,1-3H3,(H,21,24). The maximum absolute atomic E-state index is 12.6. The molecule has 0 bridgehead atoms. The molecule has 0 saturated carbocycles. The van der Waals surface area contributed by atoms with E-state index in [0.717, 1.165) is 40.7 Å². The van der Waals surface area contributed by atoms with Gasteiger partial charge in [0, 0.05) is 26.3 Å². The zero-order chi connectivity index (χ0) is 20.3. The summed E-state index contributed by atoms with van der Waals surface area (Å²) in [5, 5.41) is 2.80. The van der Waals surface area contributed by atoms with E-state index in [1.54, 1.807) is 19.2 Å². The minimum absolute atomic E-state index is 0.139. The molecule has 0 saturated heterocycles. The first-order valence-corrected chi connectivity index (χ1v) is 10.5. The lowest BCUT2D eigenvalue weighted by Gasteiger charge is -2.32. The van der Waals surface area contributed by atoms with Crippen LogP contribution >= 0.6 is 0 Å². The SMILES string of the molecule is COc1cccc2c1N(CC(=O)Nc1cccc(S(=O)(=O)N(C)C)c1)CCC2. The lowest BCUT2D eigenvalue weighted by Crippen LogP contribution is -2.37. The Morgan fingerprint density at radius 1 is 1.21 bits per heavy atom. The van der Waals surface area contributed by atoms with Crippen LogP contribution in [-0.4, -0.2) is 52.9 Å². The third-order valence-corrected chi connectivity index (χ3v) is 6.53. The second-order valence-electron chi connectivity index (χ2n) is 6.86. The number of amides is 1. The Bertz CT molecular complexity index is 959. The average Bonchev–Trinajstić information content (AvgIpc) is 2.67. The molecule has 1 heterocycles. The highest BCUT2D eigenvalue weighted by atomic mass is 32.2. The van der Waals surface area contributed by atoms with Crippen molar-refractivity contribution in [1.82, 2.24) is 4.31 Å². The van der Waals surface area contributed by atoms with Crippen molar-refractivity contribution in [3.63, 3.8) is 0 Å². The van der Waals surface area contributed by atoms with Gasteiger partial charge in [-0.25, -0.2) is 12.7 Å². The molecule has 0 aliphatic carbocycles. The smallest absolute Gasteiger partial charge is 0.243 e. The summed E-state index contributed by atoms with van der Waals surface area (Å²) in [6.45, 7) is 0.924. The topological polar surface area (TPSA) is 79.0 Å². The predicted molar refractivity (Wildman–Crippen MR) is 109 cm³/mol. The summed E-state index contributed by atoms with van der Waals surface area (Å²) in [5.41, 5.74) is 2.57. The number of benzene rings is 2. The first-order valence-electron chi connectivity index (χ1n) is 9.06. The molecule has 3 rings (SSSR count). The van der Waals surface area contributed by atoms with Crippen LogP contribution in [0.25, 0.3) is 0 Å². The number of para-hydroxylation sites is 1. The van der Waals surface area contributed by atoms with Crippen LogP contribution in [0.4, 0.5) is 11.4 Å². The van der Waals surface area contributed by atoms with Crippen molar-refractivity contribution in [1.29, 1.82) is 0 Å². The fourth-order valence-corrected chi connectivity index (χ4v) is 4.29. The summed E-state index contributed by atoms with van der Waals surface area (Å²) < 4.78 is 31.2. The molecule has 1 N–H and O–H groups in total. The van der Waals surface area contributed by atoms with E-state index in [2.05, 4.69) is 11.4 Å². The minimum Gasteiger partial charge on any atom is -0.495 e. The molecule has 8 heteroatoms. The predicted octanol–water partition coefficient (Wildman–Crippen LogP) is 2.34. The Morgan fingerprint density at radius 3 is 2.68 bits per heavy atom. The van der Waals surface area contributed by atoms with E-state index < -0.39 is 10.0 Å². The number of ether oxygens (including phenoxy) is 1. The Labute approximate surface area is 166 Å². The molecule has 0 fully saturated rings. The second-order valence-corrected chi connectivity index (χ2v) is 9.01. The van der Waals surface area contributed by atoms with Gasteiger partial charge in [-0.05, 0) is 42.7 Å². The summed E-state index contributed by atoms with van der Waals surface area (Å²) >= 11 is 0. The molecule has 0 unspecified atom stereocenters. The average molecular weight is 404 g/mol. The molecular formula is C20H25N3O4S. The van der Waals surface area contributed by atoms with Gasteiger partial charge in [0.1, 0.15) is 5.75 Å². The molecule has 1 amide bonds. The molecule has 0 atom stereocenters. The molecule has 150 valence electrons. The lowest BCUT2D eigenvalue weighted by molar-refractivity contribution is -0.115. The van der Waals surface area contributed by atoms with Gasteiger partial charge in [-0.3, -0.25) is 4.79 Å². The van der Waals surface area contributed by atoms with E-state index in [-0.39, 0.29) is 17.3 Å². The minimum atomic E-state index is -3.56. The molecule has 7 nitrogen and oxygen atoms in total. The fraction of sp³-hybridized carbons (Fsp3) is 0.350. The number of methoxy groups -OCH3 is 1. The van der Waals surface area contributed by atoms with Gasteiger partial charge in [0.25, 0.3) is 0 Å². The van der Waals surface area contributed by atoms with Gasteiger partial charge in [0.05, 0.1) is 24.2 Å². The molecule has 0 spiro atoms.